The third kappa shape index (κ3) is 4.38. The van der Waals surface area contributed by atoms with E-state index in [4.69, 9.17) is 12.2 Å². The molecule has 10 heteroatoms. The molecule has 2 aromatic carbocycles. The molecule has 0 saturated heterocycles. The topological polar surface area (TPSA) is 119 Å². The lowest BCUT2D eigenvalue weighted by atomic mass is 10.1. The fourth-order valence-electron chi connectivity index (χ4n) is 3.48. The molecule has 9 nitrogen and oxygen atoms in total. The zero-order chi connectivity index (χ0) is 24.5. The van der Waals surface area contributed by atoms with Gasteiger partial charge in [-0.3, -0.25) is 19.3 Å². The molecule has 0 aromatic heterocycles. The van der Waals surface area contributed by atoms with Crippen LogP contribution in [0.4, 0.5) is 5.69 Å². The van der Waals surface area contributed by atoms with Gasteiger partial charge in [0.25, 0.3) is 11.8 Å². The van der Waals surface area contributed by atoms with E-state index in [9.17, 15) is 22.8 Å². The van der Waals surface area contributed by atoms with Crippen LogP contribution >= 0.6 is 0 Å². The van der Waals surface area contributed by atoms with Gasteiger partial charge in [0.1, 0.15) is 9.84 Å². The highest BCUT2D eigenvalue weighted by molar-refractivity contribution is 7.90. The van der Waals surface area contributed by atoms with Gasteiger partial charge in [0.05, 0.1) is 45.5 Å². The monoisotopic (exact) mass is 448 g/mol. The quantitative estimate of drug-likeness (QED) is 0.644. The van der Waals surface area contributed by atoms with Gasteiger partial charge in [-0.2, -0.15) is 0 Å². The van der Waals surface area contributed by atoms with Crippen LogP contribution in [0.5, 0.6) is 11.5 Å². The van der Waals surface area contributed by atoms with Crippen LogP contribution in [0.25, 0.3) is 0 Å². The minimum absolute atomic E-state index is 0.0148. The number of hydrogen-bond donors (Lipinski definition) is 1. The van der Waals surface area contributed by atoms with E-state index in [2.05, 4.69) is 5.32 Å². The summed E-state index contributed by atoms with van der Waals surface area (Å²) in [5, 5.41) is 2.51. The maximum Gasteiger partial charge on any atom is 0.264 e. The largest absolute Gasteiger partial charge is 0.493 e. The van der Waals surface area contributed by atoms with Crippen molar-refractivity contribution < 1.29 is 35.0 Å². The van der Waals surface area contributed by atoms with Crippen molar-refractivity contribution in [2.75, 3.05) is 31.5 Å². The number of anilines is 1. The number of carbonyl (C=O) groups is 3. The van der Waals surface area contributed by atoms with Gasteiger partial charge in [-0.25, -0.2) is 8.42 Å². The van der Waals surface area contributed by atoms with Crippen LogP contribution in [-0.4, -0.2) is 57.2 Å². The Hall–Kier alpha value is -3.40. The summed E-state index contributed by atoms with van der Waals surface area (Å²) in [5.41, 5.74) is 0.377. The van der Waals surface area contributed by atoms with E-state index >= 15 is 0 Å². The highest BCUT2D eigenvalue weighted by Crippen LogP contribution is 2.38. The van der Waals surface area contributed by atoms with Gasteiger partial charge in [0, 0.05) is 13.2 Å². The van der Waals surface area contributed by atoms with E-state index in [0.717, 1.165) is 11.2 Å². The first-order chi connectivity index (χ1) is 15.4. The number of rotatable bonds is 7. The van der Waals surface area contributed by atoms with Crippen LogP contribution in [0.2, 0.25) is 0 Å². The number of nitrogens with zero attached hydrogens (tertiary/aromatic N) is 1. The van der Waals surface area contributed by atoms with Crippen molar-refractivity contribution in [2.45, 2.75) is 13.0 Å². The van der Waals surface area contributed by atoms with Crippen LogP contribution in [0.1, 0.15) is 42.0 Å². The molecule has 0 spiro atoms. The third-order valence-corrected chi connectivity index (χ3v) is 5.65. The van der Waals surface area contributed by atoms with Crippen molar-refractivity contribution in [3.63, 3.8) is 0 Å². The van der Waals surface area contributed by atoms with Crippen LogP contribution < -0.4 is 14.8 Å². The van der Waals surface area contributed by atoms with Gasteiger partial charge in [-0.15, -0.1) is 0 Å². The molecule has 1 aliphatic rings. The Morgan fingerprint density at radius 1 is 1.16 bits per heavy atom. The maximum atomic E-state index is 13.3. The summed E-state index contributed by atoms with van der Waals surface area (Å²) in [6.07, 6.45) is 0.978. The molecular weight excluding hydrogens is 424 g/mol. The molecule has 1 unspecified atom stereocenters. The number of fused-ring (bicyclic) bond motifs is 1. The fourth-order valence-corrected chi connectivity index (χ4v) is 4.39. The molecule has 0 bridgehead atoms. The van der Waals surface area contributed by atoms with Crippen molar-refractivity contribution >= 4 is 33.2 Å². The Bertz CT molecular complexity index is 1230. The van der Waals surface area contributed by atoms with Crippen LogP contribution in [-0.2, 0) is 14.6 Å². The molecule has 0 fully saturated rings. The first kappa shape index (κ1) is 19.6. The van der Waals surface area contributed by atoms with E-state index in [1.807, 2.05) is 0 Å². The molecular formula is C21H22N2O7S. The normalized spacial score (nSPS) is 15.3. The van der Waals surface area contributed by atoms with Crippen LogP contribution in [0.3, 0.4) is 0 Å². The predicted octanol–water partition coefficient (Wildman–Crippen LogP) is 2.04. The third-order valence-electron chi connectivity index (χ3n) is 4.73. The molecule has 164 valence electrons. The van der Waals surface area contributed by atoms with Gasteiger partial charge in [-0.05, 0) is 29.8 Å². The van der Waals surface area contributed by atoms with Crippen molar-refractivity contribution in [3.05, 3.63) is 53.1 Å². The number of amides is 3. The average Bonchev–Trinajstić information content (AvgIpc) is 2.96. The SMILES string of the molecule is [2H]C([2H])Oc1cc(C(CS(C)(=O)=O)N2C(=O)c3cccc(NC(C)=O)c3C2=O)ccc1OC. The number of sulfone groups is 1. The second kappa shape index (κ2) is 8.38. The van der Waals surface area contributed by atoms with Gasteiger partial charge in [-0.1, -0.05) is 12.1 Å². The van der Waals surface area contributed by atoms with Crippen molar-refractivity contribution in [1.82, 2.24) is 4.90 Å². The molecule has 31 heavy (non-hydrogen) atoms. The molecule has 2 aromatic rings. The van der Waals surface area contributed by atoms with Gasteiger partial charge in [0.2, 0.25) is 5.91 Å². The Morgan fingerprint density at radius 2 is 1.90 bits per heavy atom. The van der Waals surface area contributed by atoms with E-state index in [-0.39, 0.29) is 33.9 Å². The minimum Gasteiger partial charge on any atom is -0.493 e. The summed E-state index contributed by atoms with van der Waals surface area (Å²) in [6.45, 7) is 1.26. The van der Waals surface area contributed by atoms with Crippen LogP contribution in [0.15, 0.2) is 36.4 Å². The predicted molar refractivity (Wildman–Crippen MR) is 113 cm³/mol. The van der Waals surface area contributed by atoms with Gasteiger partial charge in [0.15, 0.2) is 11.5 Å². The van der Waals surface area contributed by atoms with Crippen molar-refractivity contribution in [1.29, 1.82) is 0 Å². The number of benzene rings is 2. The zero-order valence-electron chi connectivity index (χ0n) is 19.0. The molecule has 0 saturated carbocycles. The summed E-state index contributed by atoms with van der Waals surface area (Å²) >= 11 is 0. The van der Waals surface area contributed by atoms with Gasteiger partial charge >= 0.3 is 0 Å². The summed E-state index contributed by atoms with van der Waals surface area (Å²) in [6, 6.07) is 7.41. The number of carbonyl (C=O) groups excluding carboxylic acids is 3. The summed E-state index contributed by atoms with van der Waals surface area (Å²) in [7, 11) is -4.02. The number of ether oxygens (including phenoxy) is 2. The lowest BCUT2D eigenvalue weighted by Gasteiger charge is -2.26. The number of hydrogen-bond acceptors (Lipinski definition) is 7. The summed E-state index contributed by atoms with van der Waals surface area (Å²) in [4.78, 5) is 38.9. The lowest BCUT2D eigenvalue weighted by Crippen LogP contribution is -2.37. The Kier molecular flexibility index (Phi) is 5.29. The highest BCUT2D eigenvalue weighted by Gasteiger charge is 2.43. The first-order valence-electron chi connectivity index (χ1n) is 10.2. The number of imide groups is 1. The molecule has 1 heterocycles. The fraction of sp³-hybridized carbons (Fsp3) is 0.286. The average molecular weight is 448 g/mol. The smallest absolute Gasteiger partial charge is 0.264 e. The minimum atomic E-state index is -3.69. The molecule has 3 rings (SSSR count). The molecule has 3 amide bonds. The Balaban J connectivity index is 2.13. The second-order valence-electron chi connectivity index (χ2n) is 7.03. The summed E-state index contributed by atoms with van der Waals surface area (Å²) < 4.78 is 49.4. The van der Waals surface area contributed by atoms with E-state index in [1.54, 1.807) is 0 Å². The molecule has 1 N–H and O–H groups in total. The van der Waals surface area contributed by atoms with Crippen molar-refractivity contribution in [2.24, 2.45) is 0 Å². The van der Waals surface area contributed by atoms with Gasteiger partial charge < -0.3 is 14.8 Å². The molecule has 1 atom stereocenters. The molecule has 0 aliphatic carbocycles. The number of nitrogens with one attached hydrogen (secondary N) is 1. The van der Waals surface area contributed by atoms with E-state index < -0.39 is 46.4 Å². The lowest BCUT2D eigenvalue weighted by molar-refractivity contribution is -0.114. The first-order valence-corrected chi connectivity index (χ1v) is 11.1. The molecule has 0 radical (unpaired) electrons. The molecule has 1 aliphatic heterocycles. The second-order valence-corrected chi connectivity index (χ2v) is 9.21. The summed E-state index contributed by atoms with van der Waals surface area (Å²) in [5.74, 6) is -2.31. The Labute approximate surface area is 182 Å². The maximum absolute atomic E-state index is 13.3. The van der Waals surface area contributed by atoms with E-state index in [0.29, 0.717) is 0 Å². The van der Waals surface area contributed by atoms with E-state index in [1.165, 1.54) is 50.4 Å². The van der Waals surface area contributed by atoms with Crippen molar-refractivity contribution in [3.8, 4) is 11.5 Å². The van der Waals surface area contributed by atoms with Crippen LogP contribution in [0, 0.1) is 0 Å². The zero-order valence-corrected chi connectivity index (χ0v) is 17.9. The number of methoxy groups -OCH3 is 2. The highest BCUT2D eigenvalue weighted by atomic mass is 32.2. The standard InChI is InChI=1S/C21H22N2O7S/c1-12(24)22-15-7-5-6-14-19(15)21(26)23(20(14)25)16(11-31(4,27)28)13-8-9-17(29-2)18(10-13)30-3/h5-10,16H,11H2,1-4H3,(H,22,24)/i3D2. The Morgan fingerprint density at radius 3 is 2.52 bits per heavy atom.